The summed E-state index contributed by atoms with van der Waals surface area (Å²) in [6, 6.07) is 0. The molecule has 0 aromatic heterocycles. The van der Waals surface area contributed by atoms with Crippen LogP contribution in [0.3, 0.4) is 0 Å². The lowest BCUT2D eigenvalue weighted by Crippen LogP contribution is -2.24. The van der Waals surface area contributed by atoms with Crippen LogP contribution in [-0.4, -0.2) is 0 Å². The summed E-state index contributed by atoms with van der Waals surface area (Å²) >= 11 is 0. The van der Waals surface area contributed by atoms with Crippen molar-refractivity contribution in [2.45, 2.75) is 86.0 Å². The highest BCUT2D eigenvalue weighted by molar-refractivity contribution is 4.78. The highest BCUT2D eigenvalue weighted by Gasteiger charge is 2.27. The van der Waals surface area contributed by atoms with Gasteiger partial charge in [-0.25, -0.2) is 0 Å². The molecule has 0 heteroatoms. The van der Waals surface area contributed by atoms with E-state index in [4.69, 9.17) is 0 Å². The van der Waals surface area contributed by atoms with Gasteiger partial charge in [0.1, 0.15) is 0 Å². The van der Waals surface area contributed by atoms with Crippen molar-refractivity contribution in [1.29, 1.82) is 0 Å². The molecule has 92 valence electrons. The Morgan fingerprint density at radius 3 is 2.00 bits per heavy atom. The van der Waals surface area contributed by atoms with Gasteiger partial charge in [0.25, 0.3) is 0 Å². The molecule has 2 atom stereocenters. The Labute approximate surface area is 97.8 Å². The van der Waals surface area contributed by atoms with Crippen molar-refractivity contribution in [3.8, 4) is 0 Å². The predicted octanol–water partition coefficient (Wildman–Crippen LogP) is 5.81. The summed E-state index contributed by atoms with van der Waals surface area (Å²) in [5, 5.41) is 0. The minimum atomic E-state index is 0.601. The maximum Gasteiger partial charge on any atom is -0.0303 e. The highest BCUT2D eigenvalue weighted by Crippen LogP contribution is 2.39. The molecule has 2 unspecified atom stereocenters. The van der Waals surface area contributed by atoms with Crippen LogP contribution in [-0.2, 0) is 0 Å². The van der Waals surface area contributed by atoms with Gasteiger partial charge in [-0.1, -0.05) is 79.6 Å². The number of hydrogen-bond donors (Lipinski definition) is 0. The third kappa shape index (κ3) is 5.58. The SMILES string of the molecule is CCCCCC(C)C(C)(CC)CCCC. The van der Waals surface area contributed by atoms with Crippen molar-refractivity contribution in [3.63, 3.8) is 0 Å². The first-order valence-corrected chi connectivity index (χ1v) is 7.10. The van der Waals surface area contributed by atoms with E-state index in [9.17, 15) is 0 Å². The third-order valence-electron chi connectivity index (χ3n) is 4.34. The quantitative estimate of drug-likeness (QED) is 0.423. The molecule has 0 saturated carbocycles. The summed E-state index contributed by atoms with van der Waals surface area (Å²) in [6.07, 6.45) is 11.1. The van der Waals surface area contributed by atoms with E-state index in [1.54, 1.807) is 0 Å². The number of hydrogen-bond acceptors (Lipinski definition) is 0. The average molecular weight is 212 g/mol. The molecule has 15 heavy (non-hydrogen) atoms. The van der Waals surface area contributed by atoms with E-state index in [1.807, 2.05) is 0 Å². The van der Waals surface area contributed by atoms with Crippen LogP contribution in [0, 0.1) is 11.3 Å². The Bertz CT molecular complexity index is 139. The minimum absolute atomic E-state index is 0.601. The topological polar surface area (TPSA) is 0 Å². The molecule has 0 bridgehead atoms. The second-order valence-electron chi connectivity index (χ2n) is 5.51. The number of unbranched alkanes of at least 4 members (excludes halogenated alkanes) is 3. The molecule has 0 saturated heterocycles. The first-order valence-electron chi connectivity index (χ1n) is 7.10. The van der Waals surface area contributed by atoms with Crippen molar-refractivity contribution in [1.82, 2.24) is 0 Å². The average Bonchev–Trinajstić information content (AvgIpc) is 2.26. The van der Waals surface area contributed by atoms with Crippen molar-refractivity contribution in [2.75, 3.05) is 0 Å². The van der Waals surface area contributed by atoms with Gasteiger partial charge < -0.3 is 0 Å². The molecule has 0 fully saturated rings. The van der Waals surface area contributed by atoms with Gasteiger partial charge >= 0.3 is 0 Å². The van der Waals surface area contributed by atoms with E-state index >= 15 is 0 Å². The van der Waals surface area contributed by atoms with E-state index in [2.05, 4.69) is 34.6 Å². The van der Waals surface area contributed by atoms with Gasteiger partial charge in [-0.3, -0.25) is 0 Å². The van der Waals surface area contributed by atoms with Crippen molar-refractivity contribution in [3.05, 3.63) is 0 Å². The minimum Gasteiger partial charge on any atom is -0.0654 e. The molecule has 0 heterocycles. The lowest BCUT2D eigenvalue weighted by molar-refractivity contribution is 0.158. The zero-order valence-electron chi connectivity index (χ0n) is 11.7. The Morgan fingerprint density at radius 1 is 0.933 bits per heavy atom. The van der Waals surface area contributed by atoms with Crippen molar-refractivity contribution >= 4 is 0 Å². The molecule has 0 spiro atoms. The van der Waals surface area contributed by atoms with Crippen LogP contribution in [0.2, 0.25) is 0 Å². The maximum atomic E-state index is 2.50. The van der Waals surface area contributed by atoms with Crippen LogP contribution in [0.25, 0.3) is 0 Å². The summed E-state index contributed by atoms with van der Waals surface area (Å²) in [7, 11) is 0. The Morgan fingerprint density at radius 2 is 1.53 bits per heavy atom. The van der Waals surface area contributed by atoms with Crippen LogP contribution in [0.5, 0.6) is 0 Å². The van der Waals surface area contributed by atoms with Gasteiger partial charge in [-0.15, -0.1) is 0 Å². The van der Waals surface area contributed by atoms with E-state index in [-0.39, 0.29) is 0 Å². The van der Waals surface area contributed by atoms with Crippen LogP contribution in [0.4, 0.5) is 0 Å². The van der Waals surface area contributed by atoms with Gasteiger partial charge in [0.05, 0.1) is 0 Å². The fraction of sp³-hybridized carbons (Fsp3) is 1.00. The van der Waals surface area contributed by atoms with Gasteiger partial charge in [0.15, 0.2) is 0 Å². The van der Waals surface area contributed by atoms with Gasteiger partial charge in [-0.2, -0.15) is 0 Å². The first kappa shape index (κ1) is 15.0. The molecule has 0 aliphatic carbocycles. The molecule has 0 aromatic rings. The van der Waals surface area contributed by atoms with Crippen LogP contribution < -0.4 is 0 Å². The van der Waals surface area contributed by atoms with E-state index in [0.717, 1.165) is 5.92 Å². The standard InChI is InChI=1S/C15H32/c1-6-9-11-12-14(4)15(5,8-3)13-10-7-2/h14H,6-13H2,1-5H3. The Hall–Kier alpha value is 0. The van der Waals surface area contributed by atoms with Crippen LogP contribution in [0.15, 0.2) is 0 Å². The second kappa shape index (κ2) is 8.19. The first-order chi connectivity index (χ1) is 7.10. The molecular formula is C15H32. The van der Waals surface area contributed by atoms with E-state index < -0.39 is 0 Å². The Kier molecular flexibility index (Phi) is 8.19. The maximum absolute atomic E-state index is 2.50. The second-order valence-corrected chi connectivity index (χ2v) is 5.51. The lowest BCUT2D eigenvalue weighted by Gasteiger charge is -2.35. The smallest absolute Gasteiger partial charge is 0.0303 e. The van der Waals surface area contributed by atoms with Gasteiger partial charge in [-0.05, 0) is 17.8 Å². The summed E-state index contributed by atoms with van der Waals surface area (Å²) in [5.41, 5.74) is 0.601. The van der Waals surface area contributed by atoms with Crippen molar-refractivity contribution < 1.29 is 0 Å². The molecule has 0 rings (SSSR count). The fourth-order valence-corrected chi connectivity index (χ4v) is 2.40. The molecule has 0 radical (unpaired) electrons. The summed E-state index contributed by atoms with van der Waals surface area (Å²) in [4.78, 5) is 0. The van der Waals surface area contributed by atoms with Crippen LogP contribution in [0.1, 0.15) is 86.0 Å². The molecule has 0 nitrogen and oxygen atoms in total. The predicted molar refractivity (Wildman–Crippen MR) is 71.2 cm³/mol. The molecule has 0 aliphatic heterocycles. The lowest BCUT2D eigenvalue weighted by atomic mass is 9.70. The highest BCUT2D eigenvalue weighted by atomic mass is 14.3. The summed E-state index contributed by atoms with van der Waals surface area (Å²) in [6.45, 7) is 11.9. The number of rotatable bonds is 9. The summed E-state index contributed by atoms with van der Waals surface area (Å²) < 4.78 is 0. The molecule has 0 aromatic carbocycles. The van der Waals surface area contributed by atoms with Crippen LogP contribution >= 0.6 is 0 Å². The van der Waals surface area contributed by atoms with Crippen molar-refractivity contribution in [2.24, 2.45) is 11.3 Å². The normalized spacial score (nSPS) is 17.4. The van der Waals surface area contributed by atoms with E-state index in [1.165, 1.54) is 51.4 Å². The molecular weight excluding hydrogens is 180 g/mol. The van der Waals surface area contributed by atoms with Gasteiger partial charge in [0.2, 0.25) is 0 Å². The molecule has 0 aliphatic rings. The van der Waals surface area contributed by atoms with Gasteiger partial charge in [0, 0.05) is 0 Å². The monoisotopic (exact) mass is 212 g/mol. The Balaban J connectivity index is 3.99. The molecule has 0 N–H and O–H groups in total. The zero-order chi connectivity index (χ0) is 11.7. The van der Waals surface area contributed by atoms with E-state index in [0.29, 0.717) is 5.41 Å². The zero-order valence-corrected chi connectivity index (χ0v) is 11.7. The molecule has 0 amide bonds. The third-order valence-corrected chi connectivity index (χ3v) is 4.34. The largest absolute Gasteiger partial charge is 0.0654 e. The summed E-state index contributed by atoms with van der Waals surface area (Å²) in [5.74, 6) is 0.903. The fourth-order valence-electron chi connectivity index (χ4n) is 2.40.